The van der Waals surface area contributed by atoms with Gasteiger partial charge in [-0.25, -0.2) is 19.3 Å². The Morgan fingerprint density at radius 2 is 2.14 bits per heavy atom. The van der Waals surface area contributed by atoms with Gasteiger partial charge in [0.05, 0.1) is 11.6 Å². The van der Waals surface area contributed by atoms with E-state index >= 15 is 0 Å². The molecule has 146 valence electrons. The number of nitrogens with zero attached hydrogens (tertiary/aromatic N) is 4. The van der Waals surface area contributed by atoms with Crippen molar-refractivity contribution in [2.45, 2.75) is 45.4 Å². The van der Waals surface area contributed by atoms with Crippen LogP contribution in [0.3, 0.4) is 0 Å². The molecule has 1 saturated heterocycles. The topological polar surface area (TPSA) is 76.1 Å². The lowest BCUT2D eigenvalue weighted by atomic mass is 9.67. The van der Waals surface area contributed by atoms with Crippen LogP contribution in [0.1, 0.15) is 54.8 Å². The van der Waals surface area contributed by atoms with Crippen molar-refractivity contribution in [1.29, 1.82) is 0 Å². The van der Waals surface area contributed by atoms with Gasteiger partial charge in [0.1, 0.15) is 23.2 Å². The van der Waals surface area contributed by atoms with Gasteiger partial charge in [0.2, 0.25) is 5.91 Å². The molecule has 0 radical (unpaired) electrons. The molecule has 2 aromatic rings. The number of ketones is 1. The second kappa shape index (κ2) is 7.37. The maximum absolute atomic E-state index is 13.2. The van der Waals surface area contributed by atoms with Gasteiger partial charge in [-0.2, -0.15) is 0 Å². The third-order valence-corrected chi connectivity index (χ3v) is 5.98. The number of carbonyl (C=O) groups is 2. The number of carbonyl (C=O) groups excluding carboxylic acids is 2. The van der Waals surface area contributed by atoms with Crippen molar-refractivity contribution >= 4 is 17.5 Å². The fourth-order valence-electron chi connectivity index (χ4n) is 4.63. The molecule has 1 amide bonds. The summed E-state index contributed by atoms with van der Waals surface area (Å²) < 4.78 is 13.1. The van der Waals surface area contributed by atoms with E-state index in [0.717, 1.165) is 31.9 Å². The first-order valence-electron chi connectivity index (χ1n) is 9.73. The molecule has 0 bridgehead atoms. The molecule has 7 heteroatoms. The first kappa shape index (κ1) is 18.7. The molecule has 1 saturated carbocycles. The highest BCUT2D eigenvalue weighted by Crippen LogP contribution is 2.48. The number of aromatic nitrogens is 3. The van der Waals surface area contributed by atoms with E-state index in [1.165, 1.54) is 6.07 Å². The Hall–Kier alpha value is -2.70. The minimum Gasteiger partial charge on any atom is -0.296 e. The standard InChI is InChI=1S/C21H23FN4O2/c1-14-23-9-6-17(25-14)18(27)11-15-3-2-7-21(12-15)8-10-26(20(21)28)19-5-4-16(22)13-24-19/h4-6,9,13,15H,2-3,7-8,10-12H2,1H3/t15-,21+/m1/s1. The highest BCUT2D eigenvalue weighted by atomic mass is 19.1. The molecule has 1 aliphatic heterocycles. The van der Waals surface area contributed by atoms with Gasteiger partial charge >= 0.3 is 0 Å². The van der Waals surface area contributed by atoms with E-state index < -0.39 is 11.2 Å². The average molecular weight is 382 g/mol. The molecule has 3 heterocycles. The number of amides is 1. The van der Waals surface area contributed by atoms with Crippen molar-refractivity contribution in [3.05, 3.63) is 47.9 Å². The van der Waals surface area contributed by atoms with E-state index in [1.54, 1.807) is 30.2 Å². The third-order valence-electron chi connectivity index (χ3n) is 5.98. The number of hydrogen-bond acceptors (Lipinski definition) is 5. The number of anilines is 1. The average Bonchev–Trinajstić information content (AvgIpc) is 2.98. The molecule has 6 nitrogen and oxygen atoms in total. The zero-order valence-electron chi connectivity index (χ0n) is 15.9. The Morgan fingerprint density at radius 3 is 2.89 bits per heavy atom. The number of pyridine rings is 1. The Labute approximate surface area is 163 Å². The summed E-state index contributed by atoms with van der Waals surface area (Å²) in [5, 5.41) is 0. The fourth-order valence-corrected chi connectivity index (χ4v) is 4.63. The lowest BCUT2D eigenvalue weighted by Crippen LogP contribution is -2.39. The van der Waals surface area contributed by atoms with Gasteiger partial charge < -0.3 is 0 Å². The van der Waals surface area contributed by atoms with Crippen LogP contribution in [0.2, 0.25) is 0 Å². The summed E-state index contributed by atoms with van der Waals surface area (Å²) in [5.74, 6) is 0.900. The number of aryl methyl sites for hydroxylation is 1. The molecule has 2 atom stereocenters. The lowest BCUT2D eigenvalue weighted by molar-refractivity contribution is -0.128. The molecule has 4 rings (SSSR count). The molecule has 2 aliphatic rings. The molecule has 28 heavy (non-hydrogen) atoms. The van der Waals surface area contributed by atoms with Crippen LogP contribution >= 0.6 is 0 Å². The van der Waals surface area contributed by atoms with E-state index in [0.29, 0.717) is 36.7 Å². The molecular weight excluding hydrogens is 359 g/mol. The van der Waals surface area contributed by atoms with Gasteiger partial charge in [0.25, 0.3) is 0 Å². The zero-order chi connectivity index (χ0) is 19.7. The Kier molecular flexibility index (Phi) is 4.91. The van der Waals surface area contributed by atoms with Gasteiger partial charge in [-0.15, -0.1) is 0 Å². The largest absolute Gasteiger partial charge is 0.296 e. The van der Waals surface area contributed by atoms with E-state index in [-0.39, 0.29) is 17.6 Å². The predicted octanol–water partition coefficient (Wildman–Crippen LogP) is 3.51. The maximum Gasteiger partial charge on any atom is 0.234 e. The molecule has 2 aromatic heterocycles. The van der Waals surface area contributed by atoms with Gasteiger partial charge in [0.15, 0.2) is 5.78 Å². The van der Waals surface area contributed by atoms with E-state index in [9.17, 15) is 14.0 Å². The van der Waals surface area contributed by atoms with E-state index in [2.05, 4.69) is 15.0 Å². The number of halogens is 1. The van der Waals surface area contributed by atoms with Crippen molar-refractivity contribution in [2.24, 2.45) is 11.3 Å². The van der Waals surface area contributed by atoms with Crippen molar-refractivity contribution in [3.63, 3.8) is 0 Å². The van der Waals surface area contributed by atoms with Crippen LogP contribution in [0.5, 0.6) is 0 Å². The first-order chi connectivity index (χ1) is 13.5. The maximum atomic E-state index is 13.2. The normalized spacial score (nSPS) is 24.7. The number of Topliss-reactive ketones (excluding diaryl/α,β-unsaturated/α-hetero) is 1. The van der Waals surface area contributed by atoms with Crippen LogP contribution in [0, 0.1) is 24.1 Å². The molecule has 1 spiro atoms. The predicted molar refractivity (Wildman–Crippen MR) is 101 cm³/mol. The van der Waals surface area contributed by atoms with Crippen molar-refractivity contribution in [2.75, 3.05) is 11.4 Å². The van der Waals surface area contributed by atoms with E-state index in [1.807, 2.05) is 0 Å². The SMILES string of the molecule is Cc1nccc(C(=O)C[C@H]2CCC[C@]3(CCN(c4ccc(F)cn4)C3=O)C2)n1. The Bertz CT molecular complexity index is 902. The number of hydrogen-bond donors (Lipinski definition) is 0. The highest BCUT2D eigenvalue weighted by molar-refractivity contribution is 5.99. The zero-order valence-corrected chi connectivity index (χ0v) is 15.9. The van der Waals surface area contributed by atoms with Crippen molar-refractivity contribution < 1.29 is 14.0 Å². The summed E-state index contributed by atoms with van der Waals surface area (Å²) in [7, 11) is 0. The summed E-state index contributed by atoms with van der Waals surface area (Å²) in [6, 6.07) is 4.52. The first-order valence-corrected chi connectivity index (χ1v) is 9.73. The van der Waals surface area contributed by atoms with Crippen LogP contribution < -0.4 is 4.90 Å². The molecular formula is C21H23FN4O2. The quantitative estimate of drug-likeness (QED) is 0.757. The summed E-state index contributed by atoms with van der Waals surface area (Å²) in [6.07, 6.45) is 7.31. The van der Waals surface area contributed by atoms with Crippen LogP contribution in [0.15, 0.2) is 30.6 Å². The van der Waals surface area contributed by atoms with Crippen molar-refractivity contribution in [3.8, 4) is 0 Å². The Balaban J connectivity index is 1.46. The molecule has 1 aliphatic carbocycles. The Morgan fingerprint density at radius 1 is 1.29 bits per heavy atom. The van der Waals surface area contributed by atoms with Gasteiger partial charge in [-0.05, 0) is 56.7 Å². The third kappa shape index (κ3) is 3.53. The summed E-state index contributed by atoms with van der Waals surface area (Å²) in [6.45, 7) is 2.35. The summed E-state index contributed by atoms with van der Waals surface area (Å²) >= 11 is 0. The smallest absolute Gasteiger partial charge is 0.234 e. The second-order valence-electron chi connectivity index (χ2n) is 7.90. The highest BCUT2D eigenvalue weighted by Gasteiger charge is 2.49. The lowest BCUT2D eigenvalue weighted by Gasteiger charge is -2.36. The van der Waals surface area contributed by atoms with Crippen molar-refractivity contribution in [1.82, 2.24) is 15.0 Å². The van der Waals surface area contributed by atoms with Gasteiger partial charge in [0, 0.05) is 19.2 Å². The van der Waals surface area contributed by atoms with Gasteiger partial charge in [-0.3, -0.25) is 14.5 Å². The van der Waals surface area contributed by atoms with Crippen LogP contribution in [0.4, 0.5) is 10.2 Å². The molecule has 0 aromatic carbocycles. The van der Waals surface area contributed by atoms with Crippen LogP contribution in [-0.2, 0) is 4.79 Å². The second-order valence-corrected chi connectivity index (χ2v) is 7.90. The van der Waals surface area contributed by atoms with Crippen LogP contribution in [0.25, 0.3) is 0 Å². The summed E-state index contributed by atoms with van der Waals surface area (Å²) in [5.41, 5.74) is 0.0166. The molecule has 0 N–H and O–H groups in total. The minimum absolute atomic E-state index is 0.00931. The van der Waals surface area contributed by atoms with E-state index in [4.69, 9.17) is 0 Å². The summed E-state index contributed by atoms with van der Waals surface area (Å²) in [4.78, 5) is 39.8. The fraction of sp³-hybridized carbons (Fsp3) is 0.476. The molecule has 0 unspecified atom stereocenters. The number of rotatable bonds is 4. The monoisotopic (exact) mass is 382 g/mol. The van der Waals surface area contributed by atoms with Gasteiger partial charge in [-0.1, -0.05) is 6.42 Å². The minimum atomic E-state index is -0.430. The molecule has 2 fully saturated rings. The van der Waals surface area contributed by atoms with Crippen LogP contribution in [-0.4, -0.2) is 33.2 Å².